The fourth-order valence-corrected chi connectivity index (χ4v) is 4.62. The van der Waals surface area contributed by atoms with Crippen molar-refractivity contribution >= 4 is 28.2 Å². The molecule has 30 heavy (non-hydrogen) atoms. The molecule has 8 nitrogen and oxygen atoms in total. The van der Waals surface area contributed by atoms with Crippen LogP contribution in [0.3, 0.4) is 0 Å². The number of carbonyl (C=O) groups is 1. The van der Waals surface area contributed by atoms with E-state index >= 15 is 0 Å². The molecule has 2 aliphatic rings. The Bertz CT molecular complexity index is 1090. The van der Waals surface area contributed by atoms with Gasteiger partial charge in [-0.1, -0.05) is 6.92 Å². The summed E-state index contributed by atoms with van der Waals surface area (Å²) in [6.07, 6.45) is 5.57. The van der Waals surface area contributed by atoms with Crippen molar-refractivity contribution in [3.63, 3.8) is 0 Å². The van der Waals surface area contributed by atoms with Crippen molar-refractivity contribution < 1.29 is 14.5 Å². The lowest BCUT2D eigenvalue weighted by molar-refractivity contribution is -0.384. The minimum Gasteiger partial charge on any atom is -0.462 e. The van der Waals surface area contributed by atoms with Gasteiger partial charge in [-0.05, 0) is 45.4 Å². The van der Waals surface area contributed by atoms with Crippen molar-refractivity contribution in [3.05, 3.63) is 43.7 Å². The minimum absolute atomic E-state index is 0.0655. The van der Waals surface area contributed by atoms with Gasteiger partial charge in [-0.15, -0.1) is 0 Å². The average molecular weight is 413 g/mol. The largest absolute Gasteiger partial charge is 0.462 e. The van der Waals surface area contributed by atoms with E-state index in [0.29, 0.717) is 17.1 Å². The molecule has 0 amide bonds. The van der Waals surface area contributed by atoms with Gasteiger partial charge in [0.05, 0.1) is 22.4 Å². The normalized spacial score (nSPS) is 19.2. The molecule has 160 valence electrons. The Morgan fingerprint density at radius 2 is 2.07 bits per heavy atom. The molecule has 2 fully saturated rings. The topological polar surface area (TPSA) is 94.7 Å². The number of rotatable bonds is 5. The molecule has 8 heteroatoms. The van der Waals surface area contributed by atoms with E-state index in [1.807, 2.05) is 11.5 Å². The van der Waals surface area contributed by atoms with Crippen molar-refractivity contribution in [2.24, 2.45) is 5.92 Å². The van der Waals surface area contributed by atoms with Gasteiger partial charge in [0.25, 0.3) is 5.69 Å². The fourth-order valence-electron chi connectivity index (χ4n) is 4.62. The van der Waals surface area contributed by atoms with E-state index < -0.39 is 16.3 Å². The maximum absolute atomic E-state index is 13.2. The average Bonchev–Trinajstić information content (AvgIpc) is 3.53. The lowest BCUT2D eigenvalue weighted by atomic mass is 9.97. The number of anilines is 1. The first-order valence-electron chi connectivity index (χ1n) is 10.6. The highest BCUT2D eigenvalue weighted by atomic mass is 16.6. The van der Waals surface area contributed by atoms with Crippen LogP contribution in [0.15, 0.2) is 17.1 Å². The van der Waals surface area contributed by atoms with Crippen LogP contribution in [0.25, 0.3) is 10.9 Å². The van der Waals surface area contributed by atoms with Crippen LogP contribution in [0.5, 0.6) is 0 Å². The Morgan fingerprint density at radius 1 is 1.33 bits per heavy atom. The number of nitro benzene ring substituents is 1. The SMILES string of the molecule is CCOC(=O)c1cn(C2CC2)c2c(C)c(N3CCCC(C)C3)c([N+](=O)[O-])cc2c1=O. The summed E-state index contributed by atoms with van der Waals surface area (Å²) in [4.78, 5) is 39.2. The first-order valence-corrected chi connectivity index (χ1v) is 10.6. The summed E-state index contributed by atoms with van der Waals surface area (Å²) in [5, 5.41) is 12.2. The third kappa shape index (κ3) is 3.44. The van der Waals surface area contributed by atoms with E-state index in [1.165, 1.54) is 6.07 Å². The van der Waals surface area contributed by atoms with E-state index in [1.54, 1.807) is 13.1 Å². The van der Waals surface area contributed by atoms with Crippen molar-refractivity contribution in [1.82, 2.24) is 4.57 Å². The number of piperidine rings is 1. The van der Waals surface area contributed by atoms with Crippen molar-refractivity contribution in [3.8, 4) is 0 Å². The highest BCUT2D eigenvalue weighted by molar-refractivity contribution is 5.98. The number of benzene rings is 1. The molecule has 1 aliphatic carbocycles. The van der Waals surface area contributed by atoms with Crippen LogP contribution < -0.4 is 10.3 Å². The Kier molecular flexibility index (Phi) is 5.26. The van der Waals surface area contributed by atoms with Crippen LogP contribution in [-0.4, -0.2) is 35.2 Å². The van der Waals surface area contributed by atoms with E-state index in [0.717, 1.165) is 44.3 Å². The van der Waals surface area contributed by atoms with Gasteiger partial charge in [0.15, 0.2) is 0 Å². The quantitative estimate of drug-likeness (QED) is 0.418. The molecule has 0 radical (unpaired) electrons. The van der Waals surface area contributed by atoms with E-state index in [-0.39, 0.29) is 29.3 Å². The first-order chi connectivity index (χ1) is 14.3. The molecule has 1 aliphatic heterocycles. The van der Waals surface area contributed by atoms with Crippen LogP contribution >= 0.6 is 0 Å². The van der Waals surface area contributed by atoms with Gasteiger partial charge in [0.1, 0.15) is 11.3 Å². The molecule has 2 aromatic rings. The summed E-state index contributed by atoms with van der Waals surface area (Å²) < 4.78 is 7.01. The number of fused-ring (bicyclic) bond motifs is 1. The maximum atomic E-state index is 13.2. The van der Waals surface area contributed by atoms with Gasteiger partial charge in [-0.25, -0.2) is 4.79 Å². The predicted molar refractivity (Wildman–Crippen MR) is 114 cm³/mol. The molecule has 4 rings (SSSR count). The van der Waals surface area contributed by atoms with Crippen LogP contribution in [0.1, 0.15) is 61.5 Å². The number of nitrogens with zero attached hydrogens (tertiary/aromatic N) is 3. The molecule has 1 saturated heterocycles. The lowest BCUT2D eigenvalue weighted by Gasteiger charge is -2.34. The molecular weight excluding hydrogens is 386 g/mol. The molecule has 1 atom stereocenters. The molecule has 1 saturated carbocycles. The molecule has 1 unspecified atom stereocenters. The van der Waals surface area contributed by atoms with Crippen molar-refractivity contribution in [1.29, 1.82) is 0 Å². The number of hydrogen-bond donors (Lipinski definition) is 0. The number of hydrogen-bond acceptors (Lipinski definition) is 6. The van der Waals surface area contributed by atoms with Crippen LogP contribution in [0.2, 0.25) is 0 Å². The number of pyridine rings is 1. The van der Waals surface area contributed by atoms with Crippen LogP contribution in [0.4, 0.5) is 11.4 Å². The highest BCUT2D eigenvalue weighted by Crippen LogP contribution is 2.43. The molecule has 0 N–H and O–H groups in total. The number of aromatic nitrogens is 1. The minimum atomic E-state index is -0.687. The van der Waals surface area contributed by atoms with Crippen LogP contribution in [0, 0.1) is 23.0 Å². The second kappa shape index (κ2) is 7.74. The summed E-state index contributed by atoms with van der Waals surface area (Å²) in [7, 11) is 0. The predicted octanol–water partition coefficient (Wildman–Crippen LogP) is 3.97. The zero-order chi connectivity index (χ0) is 21.6. The van der Waals surface area contributed by atoms with Gasteiger partial charge in [-0.2, -0.15) is 0 Å². The van der Waals surface area contributed by atoms with E-state index in [2.05, 4.69) is 11.8 Å². The fraction of sp³-hybridized carbons (Fsp3) is 0.545. The summed E-state index contributed by atoms with van der Waals surface area (Å²) in [5.41, 5.74) is 1.36. The summed E-state index contributed by atoms with van der Waals surface area (Å²) in [5.74, 6) is -0.238. The Hall–Kier alpha value is -2.90. The van der Waals surface area contributed by atoms with Gasteiger partial charge >= 0.3 is 5.97 Å². The lowest BCUT2D eigenvalue weighted by Crippen LogP contribution is -2.35. The number of esters is 1. The Morgan fingerprint density at radius 3 is 2.67 bits per heavy atom. The Labute approximate surface area is 174 Å². The second-order valence-electron chi connectivity index (χ2n) is 8.45. The van der Waals surface area contributed by atoms with Crippen LogP contribution in [-0.2, 0) is 4.74 Å². The highest BCUT2D eigenvalue weighted by Gasteiger charge is 2.33. The second-order valence-corrected chi connectivity index (χ2v) is 8.45. The monoisotopic (exact) mass is 413 g/mol. The molecule has 0 spiro atoms. The number of ether oxygens (including phenoxy) is 1. The number of nitro groups is 1. The van der Waals surface area contributed by atoms with Gasteiger partial charge in [-0.3, -0.25) is 14.9 Å². The zero-order valence-electron chi connectivity index (χ0n) is 17.6. The first kappa shape index (κ1) is 20.4. The third-order valence-corrected chi connectivity index (χ3v) is 6.11. The molecular formula is C22H27N3O5. The molecule has 1 aromatic carbocycles. The van der Waals surface area contributed by atoms with Gasteiger partial charge < -0.3 is 14.2 Å². The number of carbonyl (C=O) groups excluding carboxylic acids is 1. The molecule has 1 aromatic heterocycles. The third-order valence-electron chi connectivity index (χ3n) is 6.11. The molecule has 0 bridgehead atoms. The smallest absolute Gasteiger partial charge is 0.343 e. The van der Waals surface area contributed by atoms with Gasteiger partial charge in [0, 0.05) is 37.0 Å². The maximum Gasteiger partial charge on any atom is 0.343 e. The van der Waals surface area contributed by atoms with E-state index in [9.17, 15) is 19.7 Å². The van der Waals surface area contributed by atoms with Crippen molar-refractivity contribution in [2.75, 3.05) is 24.6 Å². The van der Waals surface area contributed by atoms with E-state index in [4.69, 9.17) is 4.74 Å². The summed E-state index contributed by atoms with van der Waals surface area (Å²) >= 11 is 0. The zero-order valence-corrected chi connectivity index (χ0v) is 17.6. The van der Waals surface area contributed by atoms with Crippen molar-refractivity contribution in [2.45, 2.75) is 52.5 Å². The summed E-state index contributed by atoms with van der Waals surface area (Å²) in [6, 6.07) is 1.55. The van der Waals surface area contributed by atoms with Gasteiger partial charge in [0.2, 0.25) is 5.43 Å². The number of aryl methyl sites for hydroxylation is 1. The molecule has 2 heterocycles. The summed E-state index contributed by atoms with van der Waals surface area (Å²) in [6.45, 7) is 7.35. The Balaban J connectivity index is 2.02. The standard InChI is InChI=1S/C22H27N3O5/c1-4-30-22(27)17-12-24(15-7-8-15)19-14(3)20(23-9-5-6-13(2)11-23)18(25(28)29)10-16(19)21(17)26/h10,12-13,15H,4-9,11H2,1-3H3.